The first-order valence-corrected chi connectivity index (χ1v) is 7.31. The lowest BCUT2D eigenvalue weighted by Crippen LogP contribution is -2.07. The summed E-state index contributed by atoms with van der Waals surface area (Å²) in [5.41, 5.74) is 0. The summed E-state index contributed by atoms with van der Waals surface area (Å²) in [6, 6.07) is 1.74. The molecular formula is C10H12ClN5S2. The standard InChI is InChI=1S/C10H12ClN5S2/c1-4-7-12-6(11)5-8(13-7)17-10-15-14-9(18-10)16(2)3/h5H,4H2,1-3H3. The van der Waals surface area contributed by atoms with Gasteiger partial charge < -0.3 is 4.90 Å². The summed E-state index contributed by atoms with van der Waals surface area (Å²) in [7, 11) is 3.87. The molecule has 5 nitrogen and oxygen atoms in total. The van der Waals surface area contributed by atoms with Crippen LogP contribution in [-0.2, 0) is 6.42 Å². The summed E-state index contributed by atoms with van der Waals surface area (Å²) >= 11 is 8.92. The van der Waals surface area contributed by atoms with E-state index in [1.807, 2.05) is 25.9 Å². The van der Waals surface area contributed by atoms with Gasteiger partial charge in [0, 0.05) is 26.6 Å². The summed E-state index contributed by atoms with van der Waals surface area (Å²) in [5.74, 6) is 0.738. The molecule has 0 amide bonds. The molecule has 0 atom stereocenters. The summed E-state index contributed by atoms with van der Waals surface area (Å²) < 4.78 is 0.843. The molecule has 0 spiro atoms. The zero-order chi connectivity index (χ0) is 13.1. The molecule has 0 saturated heterocycles. The van der Waals surface area contributed by atoms with Crippen molar-refractivity contribution >= 4 is 39.8 Å². The van der Waals surface area contributed by atoms with Gasteiger partial charge >= 0.3 is 0 Å². The molecule has 0 bridgehead atoms. The Kier molecular flexibility index (Phi) is 4.36. The van der Waals surface area contributed by atoms with E-state index in [4.69, 9.17) is 11.6 Å². The minimum Gasteiger partial charge on any atom is -0.353 e. The van der Waals surface area contributed by atoms with Crippen LogP contribution in [0, 0.1) is 0 Å². The van der Waals surface area contributed by atoms with Gasteiger partial charge in [-0.3, -0.25) is 0 Å². The summed E-state index contributed by atoms with van der Waals surface area (Å²) in [5, 5.41) is 10.3. The lowest BCUT2D eigenvalue weighted by molar-refractivity contribution is 0.887. The van der Waals surface area contributed by atoms with E-state index in [1.165, 1.54) is 23.1 Å². The van der Waals surface area contributed by atoms with Gasteiger partial charge in [-0.25, -0.2) is 9.97 Å². The SMILES string of the molecule is CCc1nc(Cl)cc(Sc2nnc(N(C)C)s2)n1. The fraction of sp³-hybridized carbons (Fsp3) is 0.400. The van der Waals surface area contributed by atoms with Crippen molar-refractivity contribution in [1.29, 1.82) is 0 Å². The van der Waals surface area contributed by atoms with Crippen molar-refractivity contribution in [2.45, 2.75) is 22.7 Å². The van der Waals surface area contributed by atoms with E-state index in [2.05, 4.69) is 20.2 Å². The zero-order valence-corrected chi connectivity index (χ0v) is 12.6. The van der Waals surface area contributed by atoms with Crippen LogP contribution >= 0.6 is 34.7 Å². The van der Waals surface area contributed by atoms with Crippen LogP contribution in [0.4, 0.5) is 5.13 Å². The van der Waals surface area contributed by atoms with Crippen LogP contribution in [0.25, 0.3) is 0 Å². The largest absolute Gasteiger partial charge is 0.353 e. The maximum Gasteiger partial charge on any atom is 0.208 e. The molecule has 2 rings (SSSR count). The predicted octanol–water partition coefficient (Wildman–Crippen LogP) is 2.76. The average molecular weight is 302 g/mol. The van der Waals surface area contributed by atoms with Crippen LogP contribution < -0.4 is 4.90 Å². The minimum atomic E-state index is 0.460. The van der Waals surface area contributed by atoms with Crippen molar-refractivity contribution in [3.63, 3.8) is 0 Å². The van der Waals surface area contributed by atoms with Gasteiger partial charge in [-0.05, 0) is 11.8 Å². The summed E-state index contributed by atoms with van der Waals surface area (Å²) in [6.45, 7) is 2.00. The second-order valence-electron chi connectivity index (χ2n) is 3.65. The maximum absolute atomic E-state index is 5.95. The van der Waals surface area contributed by atoms with Gasteiger partial charge in [0.1, 0.15) is 16.0 Å². The molecular weight excluding hydrogens is 290 g/mol. The first kappa shape index (κ1) is 13.5. The summed E-state index contributed by atoms with van der Waals surface area (Å²) in [4.78, 5) is 10.4. The van der Waals surface area contributed by atoms with E-state index in [1.54, 1.807) is 6.07 Å². The molecule has 0 N–H and O–H groups in total. The van der Waals surface area contributed by atoms with E-state index in [-0.39, 0.29) is 0 Å². The Bertz CT molecular complexity index is 543. The molecule has 8 heteroatoms. The van der Waals surface area contributed by atoms with Crippen molar-refractivity contribution in [1.82, 2.24) is 20.2 Å². The minimum absolute atomic E-state index is 0.460. The van der Waals surface area contributed by atoms with E-state index in [0.717, 1.165) is 26.7 Å². The Hall–Kier alpha value is -0.920. The smallest absolute Gasteiger partial charge is 0.208 e. The Morgan fingerprint density at radius 2 is 2.11 bits per heavy atom. The van der Waals surface area contributed by atoms with Crippen molar-refractivity contribution in [2.75, 3.05) is 19.0 Å². The molecule has 2 heterocycles. The lowest BCUT2D eigenvalue weighted by Gasteiger charge is -2.03. The second kappa shape index (κ2) is 5.81. The van der Waals surface area contributed by atoms with Crippen LogP contribution in [0.2, 0.25) is 5.15 Å². The van der Waals surface area contributed by atoms with Gasteiger partial charge in [-0.1, -0.05) is 29.9 Å². The number of aromatic nitrogens is 4. The summed E-state index contributed by atoms with van der Waals surface area (Å²) in [6.07, 6.45) is 0.757. The van der Waals surface area contributed by atoms with Crippen LogP contribution in [0.15, 0.2) is 15.4 Å². The number of halogens is 1. The first-order chi connectivity index (χ1) is 8.58. The molecule has 0 aromatic carbocycles. The highest BCUT2D eigenvalue weighted by Crippen LogP contribution is 2.32. The Morgan fingerprint density at radius 1 is 1.33 bits per heavy atom. The number of hydrogen-bond donors (Lipinski definition) is 0. The van der Waals surface area contributed by atoms with Gasteiger partial charge in [0.25, 0.3) is 0 Å². The van der Waals surface area contributed by atoms with Gasteiger partial charge in [0.2, 0.25) is 5.13 Å². The van der Waals surface area contributed by atoms with Gasteiger partial charge in [-0.15, -0.1) is 10.2 Å². The number of rotatable bonds is 4. The fourth-order valence-electron chi connectivity index (χ4n) is 1.17. The first-order valence-electron chi connectivity index (χ1n) is 5.30. The number of nitrogens with zero attached hydrogens (tertiary/aromatic N) is 5. The predicted molar refractivity (Wildman–Crippen MR) is 74.8 cm³/mol. The Labute approximate surface area is 119 Å². The highest BCUT2D eigenvalue weighted by atomic mass is 35.5. The number of aryl methyl sites for hydroxylation is 1. The highest BCUT2D eigenvalue weighted by molar-refractivity contribution is 8.01. The monoisotopic (exact) mass is 301 g/mol. The third-order valence-corrected chi connectivity index (χ3v) is 4.26. The van der Waals surface area contributed by atoms with Crippen molar-refractivity contribution in [3.8, 4) is 0 Å². The van der Waals surface area contributed by atoms with Crippen LogP contribution in [0.5, 0.6) is 0 Å². The molecule has 0 saturated carbocycles. The van der Waals surface area contributed by atoms with E-state index < -0.39 is 0 Å². The zero-order valence-electron chi connectivity index (χ0n) is 10.2. The van der Waals surface area contributed by atoms with E-state index in [0.29, 0.717) is 5.15 Å². The molecule has 2 aromatic rings. The quantitative estimate of drug-likeness (QED) is 0.809. The molecule has 0 aliphatic rings. The average Bonchev–Trinajstić information content (AvgIpc) is 2.76. The van der Waals surface area contributed by atoms with Gasteiger partial charge in [0.15, 0.2) is 4.34 Å². The van der Waals surface area contributed by atoms with Crippen LogP contribution in [0.3, 0.4) is 0 Å². The second-order valence-corrected chi connectivity index (χ2v) is 6.26. The molecule has 0 fully saturated rings. The third-order valence-electron chi connectivity index (χ3n) is 2.00. The van der Waals surface area contributed by atoms with Crippen molar-refractivity contribution < 1.29 is 0 Å². The molecule has 0 aliphatic heterocycles. The number of hydrogen-bond acceptors (Lipinski definition) is 7. The molecule has 0 radical (unpaired) electrons. The fourth-order valence-corrected chi connectivity index (χ4v) is 3.16. The third kappa shape index (κ3) is 3.30. The molecule has 18 heavy (non-hydrogen) atoms. The van der Waals surface area contributed by atoms with Gasteiger partial charge in [0.05, 0.1) is 0 Å². The van der Waals surface area contributed by atoms with Crippen LogP contribution in [-0.4, -0.2) is 34.3 Å². The normalized spacial score (nSPS) is 10.7. The molecule has 0 unspecified atom stereocenters. The van der Waals surface area contributed by atoms with E-state index in [9.17, 15) is 0 Å². The maximum atomic E-state index is 5.95. The Balaban J connectivity index is 2.19. The topological polar surface area (TPSA) is 54.8 Å². The van der Waals surface area contributed by atoms with Crippen LogP contribution in [0.1, 0.15) is 12.7 Å². The van der Waals surface area contributed by atoms with Crippen molar-refractivity contribution in [3.05, 3.63) is 17.0 Å². The molecule has 96 valence electrons. The number of anilines is 1. The van der Waals surface area contributed by atoms with Gasteiger partial charge in [-0.2, -0.15) is 0 Å². The van der Waals surface area contributed by atoms with E-state index >= 15 is 0 Å². The molecule has 0 aliphatic carbocycles. The lowest BCUT2D eigenvalue weighted by atomic mass is 10.4. The molecule has 2 aromatic heterocycles. The Morgan fingerprint density at radius 3 is 2.72 bits per heavy atom. The van der Waals surface area contributed by atoms with Crippen molar-refractivity contribution in [2.24, 2.45) is 0 Å². The highest BCUT2D eigenvalue weighted by Gasteiger charge is 2.10.